The molecule has 10 heteroatoms. The van der Waals surface area contributed by atoms with Crippen molar-refractivity contribution >= 4 is 19.8 Å². The third-order valence-electron chi connectivity index (χ3n) is 14.2. The first-order valence-corrected chi connectivity index (χ1v) is 35.4. The number of hydrogen-bond acceptors (Lipinski definition) is 7. The van der Waals surface area contributed by atoms with E-state index in [0.717, 1.165) is 116 Å². The first-order chi connectivity index (χ1) is 41.0. The monoisotopic (exact) mass is 1190 g/mol. The van der Waals surface area contributed by atoms with Gasteiger partial charge in [0, 0.05) is 12.8 Å². The average Bonchev–Trinajstić information content (AvgIpc) is 3.61. The van der Waals surface area contributed by atoms with E-state index in [4.69, 9.17) is 18.5 Å². The molecule has 0 saturated carbocycles. The maximum absolute atomic E-state index is 12.9. The molecule has 0 aromatic heterocycles. The number of likely N-dealkylation sites (N-methyl/N-ethyl adjacent to an activating group) is 1. The standard InChI is InChI=1S/C74H126NO8P/c1-6-8-10-12-14-16-18-20-22-24-26-28-30-31-32-33-34-35-36-37-38-39-40-41-42-43-45-47-49-51-53-55-57-59-61-63-65-67-74(77)83-72(71-82-84(78,79)81-69-68-75(3,4)5)70-80-73(76)66-64-62-60-58-56-54-52-50-48-46-44-29-27-25-23-21-19-17-15-13-11-9-7-2/h8,10,14,16,19-22,25-28,31-32,34-35,37-38,40-41,44,46,72H,6-7,9,11-13,15,17-18,23-24,29-30,33,36,39,42-43,45,47-71H2,1-5H3/p+1/b10-8-,16-14-,21-19-,22-20-,27-25-,28-26-,32-31-,35-34-,38-37-,41-40-,46-44-. The van der Waals surface area contributed by atoms with Crippen molar-refractivity contribution in [3.63, 3.8) is 0 Å². The average molecular weight is 1190 g/mol. The Morgan fingerprint density at radius 1 is 0.381 bits per heavy atom. The van der Waals surface area contributed by atoms with Gasteiger partial charge in [-0.25, -0.2) is 4.57 Å². The second-order valence-corrected chi connectivity index (χ2v) is 24.9. The normalized spacial score (nSPS) is 14.0. The van der Waals surface area contributed by atoms with E-state index in [2.05, 4.69) is 148 Å². The van der Waals surface area contributed by atoms with Crippen molar-refractivity contribution in [3.8, 4) is 0 Å². The molecule has 0 aliphatic rings. The molecule has 0 amide bonds. The third-order valence-corrected chi connectivity index (χ3v) is 15.1. The minimum atomic E-state index is -4.40. The molecule has 84 heavy (non-hydrogen) atoms. The van der Waals surface area contributed by atoms with Gasteiger partial charge in [0.2, 0.25) is 0 Å². The van der Waals surface area contributed by atoms with Crippen LogP contribution in [0.1, 0.15) is 271 Å². The summed E-state index contributed by atoms with van der Waals surface area (Å²) < 4.78 is 34.7. The lowest BCUT2D eigenvalue weighted by molar-refractivity contribution is -0.870. The van der Waals surface area contributed by atoms with E-state index < -0.39 is 26.5 Å². The van der Waals surface area contributed by atoms with Crippen molar-refractivity contribution in [2.24, 2.45) is 0 Å². The Bertz CT molecular complexity index is 1880. The number of carbonyl (C=O) groups excluding carboxylic acids is 2. The van der Waals surface area contributed by atoms with Gasteiger partial charge in [-0.15, -0.1) is 0 Å². The fraction of sp³-hybridized carbons (Fsp3) is 0.676. The summed E-state index contributed by atoms with van der Waals surface area (Å²) in [5, 5.41) is 0. The summed E-state index contributed by atoms with van der Waals surface area (Å²) in [6, 6.07) is 0. The minimum Gasteiger partial charge on any atom is -0.462 e. The molecule has 2 unspecified atom stereocenters. The Balaban J connectivity index is 4.11. The van der Waals surface area contributed by atoms with Crippen molar-refractivity contribution in [2.45, 2.75) is 277 Å². The van der Waals surface area contributed by atoms with Gasteiger partial charge in [-0.3, -0.25) is 18.6 Å². The fourth-order valence-electron chi connectivity index (χ4n) is 8.98. The van der Waals surface area contributed by atoms with Crippen LogP contribution in [0.2, 0.25) is 0 Å². The van der Waals surface area contributed by atoms with Gasteiger partial charge in [-0.1, -0.05) is 276 Å². The van der Waals surface area contributed by atoms with Gasteiger partial charge in [0.05, 0.1) is 27.7 Å². The van der Waals surface area contributed by atoms with Gasteiger partial charge in [0.25, 0.3) is 0 Å². The van der Waals surface area contributed by atoms with Crippen molar-refractivity contribution < 1.29 is 42.1 Å². The van der Waals surface area contributed by atoms with Crippen LogP contribution in [0, 0.1) is 0 Å². The molecule has 480 valence electrons. The summed E-state index contributed by atoms with van der Waals surface area (Å²) in [5.74, 6) is -0.810. The molecule has 0 heterocycles. The first kappa shape index (κ1) is 80.2. The number of phosphoric acid groups is 1. The molecule has 0 aliphatic heterocycles. The molecule has 0 saturated heterocycles. The zero-order valence-electron chi connectivity index (χ0n) is 54.6. The molecule has 9 nitrogen and oxygen atoms in total. The molecule has 2 atom stereocenters. The fourth-order valence-corrected chi connectivity index (χ4v) is 9.72. The van der Waals surface area contributed by atoms with E-state index >= 15 is 0 Å². The number of esters is 2. The predicted molar refractivity (Wildman–Crippen MR) is 362 cm³/mol. The van der Waals surface area contributed by atoms with E-state index in [1.807, 2.05) is 21.1 Å². The Kier molecular flexibility index (Phi) is 60.7. The number of carbonyl (C=O) groups is 2. The lowest BCUT2D eigenvalue weighted by Gasteiger charge is -2.24. The Labute approximate surface area is 517 Å². The molecule has 0 bridgehead atoms. The van der Waals surface area contributed by atoms with Gasteiger partial charge in [-0.05, 0) is 116 Å². The first-order valence-electron chi connectivity index (χ1n) is 33.9. The number of hydrogen-bond donors (Lipinski definition) is 1. The molecule has 0 aliphatic carbocycles. The maximum atomic E-state index is 12.9. The van der Waals surface area contributed by atoms with Crippen molar-refractivity contribution in [3.05, 3.63) is 134 Å². The molecule has 0 spiro atoms. The summed E-state index contributed by atoms with van der Waals surface area (Å²) in [6.07, 6.45) is 92.5. The highest BCUT2D eigenvalue weighted by molar-refractivity contribution is 7.47. The molecule has 1 N–H and O–H groups in total. The number of rotatable bonds is 61. The van der Waals surface area contributed by atoms with Gasteiger partial charge < -0.3 is 18.9 Å². The van der Waals surface area contributed by atoms with Gasteiger partial charge in [0.1, 0.15) is 19.8 Å². The molecule has 0 aromatic carbocycles. The zero-order valence-corrected chi connectivity index (χ0v) is 55.5. The summed E-state index contributed by atoms with van der Waals surface area (Å²) >= 11 is 0. The second kappa shape index (κ2) is 63.6. The maximum Gasteiger partial charge on any atom is 0.472 e. The Morgan fingerprint density at radius 3 is 1.01 bits per heavy atom. The summed E-state index contributed by atoms with van der Waals surface area (Å²) in [6.45, 7) is 4.30. The van der Waals surface area contributed by atoms with E-state index in [9.17, 15) is 19.0 Å². The van der Waals surface area contributed by atoms with Crippen LogP contribution in [0.15, 0.2) is 134 Å². The Morgan fingerprint density at radius 2 is 0.679 bits per heavy atom. The van der Waals surface area contributed by atoms with E-state index in [1.165, 1.54) is 122 Å². The largest absolute Gasteiger partial charge is 0.472 e. The van der Waals surface area contributed by atoms with Gasteiger partial charge >= 0.3 is 19.8 Å². The molecule has 0 fully saturated rings. The van der Waals surface area contributed by atoms with Crippen LogP contribution in [0.5, 0.6) is 0 Å². The van der Waals surface area contributed by atoms with Crippen LogP contribution in [-0.2, 0) is 32.7 Å². The number of nitrogens with zero attached hydrogens (tertiary/aromatic N) is 1. The van der Waals surface area contributed by atoms with Crippen LogP contribution in [0.25, 0.3) is 0 Å². The SMILES string of the molecule is CC/C=C\C/C=C\C/C=C\C/C=C\C/C=C\C/C=C\C/C=C\C/C=C\CCCCCCCCCCCCCCC(=O)OC(COC(=O)CCCCCCCCCC/C=C\C/C=C\C/C=C\CCCCCCC)COP(=O)(O)OCC[N+](C)(C)C. The lowest BCUT2D eigenvalue weighted by Crippen LogP contribution is -2.37. The Hall–Kier alpha value is -3.85. The van der Waals surface area contributed by atoms with Crippen molar-refractivity contribution in [1.29, 1.82) is 0 Å². The smallest absolute Gasteiger partial charge is 0.462 e. The van der Waals surface area contributed by atoms with Crippen LogP contribution in [0.3, 0.4) is 0 Å². The van der Waals surface area contributed by atoms with Crippen LogP contribution >= 0.6 is 7.82 Å². The van der Waals surface area contributed by atoms with E-state index in [0.29, 0.717) is 17.4 Å². The molecular weight excluding hydrogens is 1060 g/mol. The third kappa shape index (κ3) is 67.3. The summed E-state index contributed by atoms with van der Waals surface area (Å²) in [5.41, 5.74) is 0. The molecule has 0 rings (SSSR count). The number of quaternary nitrogens is 1. The van der Waals surface area contributed by atoms with Gasteiger partial charge in [-0.2, -0.15) is 0 Å². The molecular formula is C74H127NO8P+. The zero-order chi connectivity index (χ0) is 61.2. The molecule has 0 aromatic rings. The van der Waals surface area contributed by atoms with Crippen LogP contribution < -0.4 is 0 Å². The van der Waals surface area contributed by atoms with Crippen molar-refractivity contribution in [2.75, 3.05) is 47.5 Å². The van der Waals surface area contributed by atoms with Crippen LogP contribution in [0.4, 0.5) is 0 Å². The number of ether oxygens (including phenoxy) is 2. The van der Waals surface area contributed by atoms with Gasteiger partial charge in [0.15, 0.2) is 6.10 Å². The topological polar surface area (TPSA) is 108 Å². The highest BCUT2D eigenvalue weighted by atomic mass is 31.2. The number of phosphoric ester groups is 1. The quantitative estimate of drug-likeness (QED) is 0.0211. The summed E-state index contributed by atoms with van der Waals surface area (Å²) in [4.78, 5) is 35.8. The van der Waals surface area contributed by atoms with E-state index in [-0.39, 0.29) is 32.0 Å². The van der Waals surface area contributed by atoms with E-state index in [1.54, 1.807) is 0 Å². The number of unbranched alkanes of at least 4 members (excludes halogenated alkanes) is 25. The highest BCUT2D eigenvalue weighted by Gasteiger charge is 2.27. The molecule has 0 radical (unpaired) electrons. The minimum absolute atomic E-state index is 0.0242. The number of allylic oxidation sites excluding steroid dienone is 22. The lowest BCUT2D eigenvalue weighted by atomic mass is 10.0. The highest BCUT2D eigenvalue weighted by Crippen LogP contribution is 2.43. The summed E-state index contributed by atoms with van der Waals surface area (Å²) in [7, 11) is 1.46. The van der Waals surface area contributed by atoms with Crippen LogP contribution in [-0.4, -0.2) is 74.9 Å². The van der Waals surface area contributed by atoms with Crippen molar-refractivity contribution in [1.82, 2.24) is 0 Å². The predicted octanol–water partition coefficient (Wildman–Crippen LogP) is 22.0. The second-order valence-electron chi connectivity index (χ2n) is 23.5.